The number of rotatable bonds is 7. The lowest BCUT2D eigenvalue weighted by Gasteiger charge is -2.11. The third kappa shape index (κ3) is 5.14. The van der Waals surface area contributed by atoms with Crippen LogP contribution in [0, 0.1) is 6.92 Å². The Morgan fingerprint density at radius 3 is 2.62 bits per heavy atom. The second kappa shape index (κ2) is 8.94. The molecule has 3 aromatic rings. The zero-order chi connectivity index (χ0) is 21.0. The Morgan fingerprint density at radius 2 is 1.90 bits per heavy atom. The van der Waals surface area contributed by atoms with Gasteiger partial charge in [0.25, 0.3) is 10.0 Å². The SMILES string of the molecule is Cc1c(Cl)cccc1S(=O)(=O)Nc1nc(C(C)C(=O)NCc2ccccc2)cs1. The van der Waals surface area contributed by atoms with Gasteiger partial charge in [0.1, 0.15) is 0 Å². The molecule has 0 aliphatic carbocycles. The number of nitrogens with one attached hydrogen (secondary N) is 2. The summed E-state index contributed by atoms with van der Waals surface area (Å²) in [5, 5.41) is 5.11. The molecule has 0 saturated carbocycles. The summed E-state index contributed by atoms with van der Waals surface area (Å²) in [7, 11) is -3.83. The van der Waals surface area contributed by atoms with Gasteiger partial charge in [-0.1, -0.05) is 48.0 Å². The van der Waals surface area contributed by atoms with E-state index in [1.165, 1.54) is 6.07 Å². The van der Waals surface area contributed by atoms with E-state index in [9.17, 15) is 13.2 Å². The van der Waals surface area contributed by atoms with Gasteiger partial charge in [-0.25, -0.2) is 13.4 Å². The fourth-order valence-corrected chi connectivity index (χ4v) is 5.21. The van der Waals surface area contributed by atoms with Gasteiger partial charge in [0.15, 0.2) is 5.13 Å². The summed E-state index contributed by atoms with van der Waals surface area (Å²) >= 11 is 7.15. The van der Waals surface area contributed by atoms with Crippen molar-refractivity contribution in [2.75, 3.05) is 4.72 Å². The number of sulfonamides is 1. The topological polar surface area (TPSA) is 88.2 Å². The Balaban J connectivity index is 1.68. The van der Waals surface area contributed by atoms with Crippen molar-refractivity contribution < 1.29 is 13.2 Å². The van der Waals surface area contributed by atoms with Crippen molar-refractivity contribution in [3.63, 3.8) is 0 Å². The maximum absolute atomic E-state index is 12.7. The molecule has 29 heavy (non-hydrogen) atoms. The molecule has 3 rings (SSSR count). The average molecular weight is 450 g/mol. The molecule has 6 nitrogen and oxygen atoms in total. The lowest BCUT2D eigenvalue weighted by molar-refractivity contribution is -0.122. The number of benzene rings is 2. The van der Waals surface area contributed by atoms with E-state index in [0.717, 1.165) is 16.9 Å². The predicted octanol–water partition coefficient (Wildman–Crippen LogP) is 4.33. The molecule has 9 heteroatoms. The van der Waals surface area contributed by atoms with Crippen molar-refractivity contribution in [3.05, 3.63) is 75.8 Å². The van der Waals surface area contributed by atoms with E-state index in [0.29, 0.717) is 22.8 Å². The number of halogens is 1. The first kappa shape index (κ1) is 21.3. The Bertz CT molecular complexity index is 1120. The lowest BCUT2D eigenvalue weighted by atomic mass is 10.1. The van der Waals surface area contributed by atoms with E-state index in [1.807, 2.05) is 30.3 Å². The fraction of sp³-hybridized carbons (Fsp3) is 0.200. The third-order valence-corrected chi connectivity index (χ3v) is 7.20. The van der Waals surface area contributed by atoms with Crippen LogP contribution in [0.25, 0.3) is 0 Å². The number of amides is 1. The zero-order valence-electron chi connectivity index (χ0n) is 15.8. The first-order valence-electron chi connectivity index (χ1n) is 8.83. The fourth-order valence-electron chi connectivity index (χ4n) is 2.65. The molecule has 1 atom stereocenters. The summed E-state index contributed by atoms with van der Waals surface area (Å²) in [5.41, 5.74) is 1.96. The normalized spacial score (nSPS) is 12.4. The summed E-state index contributed by atoms with van der Waals surface area (Å²) < 4.78 is 27.8. The van der Waals surface area contributed by atoms with Crippen molar-refractivity contribution in [2.24, 2.45) is 0 Å². The minimum atomic E-state index is -3.83. The Hall–Kier alpha value is -2.42. The number of hydrogen-bond acceptors (Lipinski definition) is 5. The lowest BCUT2D eigenvalue weighted by Crippen LogP contribution is -2.27. The minimum absolute atomic E-state index is 0.0930. The van der Waals surface area contributed by atoms with Crippen LogP contribution in [-0.2, 0) is 21.4 Å². The molecule has 0 saturated heterocycles. The van der Waals surface area contributed by atoms with Gasteiger partial charge in [0.05, 0.1) is 16.5 Å². The van der Waals surface area contributed by atoms with Gasteiger partial charge in [-0.15, -0.1) is 11.3 Å². The Kier molecular flexibility index (Phi) is 6.56. The molecule has 0 aliphatic rings. The predicted molar refractivity (Wildman–Crippen MR) is 116 cm³/mol. The number of aromatic nitrogens is 1. The Labute approximate surface area is 179 Å². The second-order valence-electron chi connectivity index (χ2n) is 6.47. The molecule has 0 aliphatic heterocycles. The van der Waals surface area contributed by atoms with E-state index in [2.05, 4.69) is 15.0 Å². The van der Waals surface area contributed by atoms with Gasteiger partial charge in [-0.05, 0) is 37.1 Å². The van der Waals surface area contributed by atoms with Gasteiger partial charge in [-0.3, -0.25) is 9.52 Å². The number of thiazole rings is 1. The molecular weight excluding hydrogens is 430 g/mol. The summed E-state index contributed by atoms with van der Waals surface area (Å²) in [5.74, 6) is -0.694. The van der Waals surface area contributed by atoms with Gasteiger partial charge in [-0.2, -0.15) is 0 Å². The summed E-state index contributed by atoms with van der Waals surface area (Å²) in [6.07, 6.45) is 0. The molecule has 2 aromatic carbocycles. The highest BCUT2D eigenvalue weighted by molar-refractivity contribution is 7.93. The quantitative estimate of drug-likeness (QED) is 0.562. The standard InChI is InChI=1S/C20H20ClN3O3S2/c1-13-16(21)9-6-10-18(13)29(26,27)24-20-23-17(12-28-20)14(2)19(25)22-11-15-7-4-3-5-8-15/h3-10,12,14H,11H2,1-2H3,(H,22,25)(H,23,24). The highest BCUT2D eigenvalue weighted by Gasteiger charge is 2.22. The molecule has 152 valence electrons. The first-order valence-corrected chi connectivity index (χ1v) is 11.6. The molecule has 1 unspecified atom stereocenters. The number of hydrogen-bond donors (Lipinski definition) is 2. The van der Waals surface area contributed by atoms with Crippen molar-refractivity contribution in [2.45, 2.75) is 31.2 Å². The molecule has 0 spiro atoms. The highest BCUT2D eigenvalue weighted by Crippen LogP contribution is 2.27. The summed E-state index contributed by atoms with van der Waals surface area (Å²) in [6.45, 7) is 3.79. The van der Waals surface area contributed by atoms with Crippen molar-refractivity contribution in [1.29, 1.82) is 0 Å². The van der Waals surface area contributed by atoms with Gasteiger partial charge < -0.3 is 5.32 Å². The summed E-state index contributed by atoms with van der Waals surface area (Å²) in [6, 6.07) is 14.3. The zero-order valence-corrected chi connectivity index (χ0v) is 18.2. The van der Waals surface area contributed by atoms with Crippen LogP contribution in [0.1, 0.15) is 29.7 Å². The van der Waals surface area contributed by atoms with Crippen LogP contribution in [0.15, 0.2) is 58.8 Å². The van der Waals surface area contributed by atoms with Gasteiger partial charge in [0, 0.05) is 16.9 Å². The number of carbonyl (C=O) groups excluding carboxylic acids is 1. The maximum Gasteiger partial charge on any atom is 0.263 e. The van der Waals surface area contributed by atoms with Crippen LogP contribution in [0.5, 0.6) is 0 Å². The number of nitrogens with zero attached hydrogens (tertiary/aromatic N) is 1. The van der Waals surface area contributed by atoms with Crippen LogP contribution < -0.4 is 10.0 Å². The largest absolute Gasteiger partial charge is 0.351 e. The van der Waals surface area contributed by atoms with Crippen LogP contribution in [-0.4, -0.2) is 19.3 Å². The smallest absolute Gasteiger partial charge is 0.263 e. The van der Waals surface area contributed by atoms with Gasteiger partial charge >= 0.3 is 0 Å². The minimum Gasteiger partial charge on any atom is -0.351 e. The third-order valence-electron chi connectivity index (χ3n) is 4.40. The van der Waals surface area contributed by atoms with Crippen LogP contribution in [0.2, 0.25) is 5.02 Å². The monoisotopic (exact) mass is 449 g/mol. The molecule has 0 bridgehead atoms. The van der Waals surface area contributed by atoms with Crippen LogP contribution in [0.3, 0.4) is 0 Å². The van der Waals surface area contributed by atoms with Gasteiger partial charge in [0.2, 0.25) is 5.91 Å². The molecule has 1 aromatic heterocycles. The van der Waals surface area contributed by atoms with E-state index >= 15 is 0 Å². The molecule has 1 amide bonds. The number of anilines is 1. The van der Waals surface area contributed by atoms with E-state index < -0.39 is 15.9 Å². The first-order chi connectivity index (χ1) is 13.8. The molecule has 0 fully saturated rings. The van der Waals surface area contributed by atoms with Crippen molar-refractivity contribution in [1.82, 2.24) is 10.3 Å². The molecule has 2 N–H and O–H groups in total. The average Bonchev–Trinajstić information content (AvgIpc) is 3.16. The molecule has 0 radical (unpaired) electrons. The Morgan fingerprint density at radius 1 is 1.17 bits per heavy atom. The second-order valence-corrected chi connectivity index (χ2v) is 9.39. The molecule has 1 heterocycles. The van der Waals surface area contributed by atoms with E-state index in [1.54, 1.807) is 31.4 Å². The van der Waals surface area contributed by atoms with Crippen molar-refractivity contribution >= 4 is 44.0 Å². The highest BCUT2D eigenvalue weighted by atomic mass is 35.5. The van der Waals surface area contributed by atoms with E-state index in [-0.39, 0.29) is 15.9 Å². The van der Waals surface area contributed by atoms with Crippen LogP contribution in [0.4, 0.5) is 5.13 Å². The summed E-state index contributed by atoms with van der Waals surface area (Å²) in [4.78, 5) is 16.8. The van der Waals surface area contributed by atoms with Crippen LogP contribution >= 0.6 is 22.9 Å². The van der Waals surface area contributed by atoms with E-state index in [4.69, 9.17) is 11.6 Å². The van der Waals surface area contributed by atoms with Crippen molar-refractivity contribution in [3.8, 4) is 0 Å². The number of carbonyl (C=O) groups is 1. The maximum atomic E-state index is 12.7. The molecular formula is C20H20ClN3O3S2.